The van der Waals surface area contributed by atoms with Crippen LogP contribution in [0.15, 0.2) is 29.6 Å². The molecule has 2 aromatic rings. The summed E-state index contributed by atoms with van der Waals surface area (Å²) in [7, 11) is 1.77. The van der Waals surface area contributed by atoms with Crippen molar-refractivity contribution in [2.45, 2.75) is 37.5 Å². The Labute approximate surface area is 158 Å². The molecule has 1 aromatic carbocycles. The van der Waals surface area contributed by atoms with Crippen LogP contribution in [0.3, 0.4) is 0 Å². The number of ether oxygens (including phenoxy) is 1. The lowest BCUT2D eigenvalue weighted by Crippen LogP contribution is -2.60. The fourth-order valence-electron chi connectivity index (χ4n) is 5.39. The fraction of sp³-hybridized carbons (Fsp3) is 0.550. The Morgan fingerprint density at radius 1 is 1.23 bits per heavy atom. The van der Waals surface area contributed by atoms with Gasteiger partial charge >= 0.3 is 0 Å². The highest BCUT2D eigenvalue weighted by Gasteiger charge is 2.54. The van der Waals surface area contributed by atoms with Gasteiger partial charge in [-0.05, 0) is 37.9 Å². The average molecular weight is 372 g/mol. The first-order chi connectivity index (χ1) is 12.8. The summed E-state index contributed by atoms with van der Waals surface area (Å²) in [5.41, 5.74) is 2.10. The van der Waals surface area contributed by atoms with Crippen molar-refractivity contribution < 1.29 is 9.84 Å². The van der Waals surface area contributed by atoms with Gasteiger partial charge in [0.1, 0.15) is 5.75 Å². The van der Waals surface area contributed by atoms with Gasteiger partial charge in [0.2, 0.25) is 0 Å². The molecule has 6 rings (SSSR count). The number of aromatic nitrogens is 1. The molecule has 0 spiro atoms. The van der Waals surface area contributed by atoms with Gasteiger partial charge in [-0.1, -0.05) is 18.2 Å². The third-order valence-corrected chi connectivity index (χ3v) is 7.41. The normalized spacial score (nSPS) is 32.7. The molecule has 4 fully saturated rings. The standard InChI is InChI=1S/C20H25N3O2S/c1-25-17-5-3-2-4-15(17)16-10-23(20-21-14(11-24)12-26-20)18-13-6-8-22(9-7-13)19(16)18/h2-5,12-13,16,18-19,24H,6-11H2,1H3/t16-,18-,19-/m1/s1. The predicted octanol–water partition coefficient (Wildman–Crippen LogP) is 2.71. The van der Waals surface area contributed by atoms with Gasteiger partial charge in [-0.15, -0.1) is 11.3 Å². The number of anilines is 1. The van der Waals surface area contributed by atoms with E-state index >= 15 is 0 Å². The zero-order valence-electron chi connectivity index (χ0n) is 15.0. The Hall–Kier alpha value is -1.63. The van der Waals surface area contributed by atoms with E-state index in [1.807, 2.05) is 11.4 Å². The van der Waals surface area contributed by atoms with Crippen molar-refractivity contribution in [3.05, 3.63) is 40.9 Å². The largest absolute Gasteiger partial charge is 0.496 e. The number of aliphatic hydroxyl groups is 1. The van der Waals surface area contributed by atoms with Crippen molar-refractivity contribution in [1.82, 2.24) is 9.88 Å². The van der Waals surface area contributed by atoms with Crippen molar-refractivity contribution in [2.24, 2.45) is 5.92 Å². The molecule has 0 saturated carbocycles. The molecule has 4 aliphatic rings. The molecule has 1 aromatic heterocycles. The number of rotatable bonds is 4. The summed E-state index contributed by atoms with van der Waals surface area (Å²) in [6.45, 7) is 3.42. The minimum absolute atomic E-state index is 0.0178. The Bertz CT molecular complexity index is 787. The zero-order valence-corrected chi connectivity index (χ0v) is 15.9. The van der Waals surface area contributed by atoms with E-state index in [0.717, 1.165) is 29.0 Å². The monoisotopic (exact) mass is 371 g/mol. The minimum atomic E-state index is 0.0178. The molecule has 5 nitrogen and oxygen atoms in total. The molecule has 0 amide bonds. The van der Waals surface area contributed by atoms with Gasteiger partial charge in [-0.25, -0.2) is 4.98 Å². The smallest absolute Gasteiger partial charge is 0.185 e. The molecule has 6 heteroatoms. The molecule has 5 heterocycles. The average Bonchev–Trinajstić information content (AvgIpc) is 3.34. The third-order valence-electron chi connectivity index (χ3n) is 6.48. The minimum Gasteiger partial charge on any atom is -0.496 e. The molecule has 0 aliphatic carbocycles. The number of hydrogen-bond donors (Lipinski definition) is 1. The van der Waals surface area contributed by atoms with E-state index in [1.165, 1.54) is 31.5 Å². The van der Waals surface area contributed by atoms with E-state index < -0.39 is 0 Å². The molecular weight excluding hydrogens is 346 g/mol. The highest BCUT2D eigenvalue weighted by molar-refractivity contribution is 7.13. The first kappa shape index (κ1) is 16.5. The number of para-hydroxylation sites is 1. The summed E-state index contributed by atoms with van der Waals surface area (Å²) >= 11 is 1.67. The Morgan fingerprint density at radius 3 is 2.77 bits per heavy atom. The quantitative estimate of drug-likeness (QED) is 0.896. The number of nitrogens with zero attached hydrogens (tertiary/aromatic N) is 3. The van der Waals surface area contributed by atoms with Crippen molar-refractivity contribution in [2.75, 3.05) is 31.6 Å². The summed E-state index contributed by atoms with van der Waals surface area (Å²) in [5, 5.41) is 12.5. The third kappa shape index (κ3) is 2.47. The SMILES string of the molecule is COc1ccccc1[C@H]1CN(c2nc(CO)cs2)[C@@H]2C3CCN(CC3)[C@H]12. The molecule has 4 saturated heterocycles. The highest BCUT2D eigenvalue weighted by Crippen LogP contribution is 2.49. The first-order valence-electron chi connectivity index (χ1n) is 9.49. The second-order valence-electron chi connectivity index (χ2n) is 7.63. The van der Waals surface area contributed by atoms with E-state index in [4.69, 9.17) is 9.72 Å². The van der Waals surface area contributed by atoms with Crippen LogP contribution in [0.5, 0.6) is 5.75 Å². The van der Waals surface area contributed by atoms with Crippen LogP contribution in [-0.2, 0) is 6.61 Å². The lowest BCUT2D eigenvalue weighted by molar-refractivity contribution is 0.0353. The van der Waals surface area contributed by atoms with Crippen molar-refractivity contribution in [3.8, 4) is 5.75 Å². The Balaban J connectivity index is 1.56. The number of piperidine rings is 3. The van der Waals surface area contributed by atoms with Crippen LogP contribution in [-0.4, -0.2) is 53.8 Å². The van der Waals surface area contributed by atoms with Crippen molar-refractivity contribution in [1.29, 1.82) is 0 Å². The summed E-state index contributed by atoms with van der Waals surface area (Å²) in [5.74, 6) is 2.17. The number of aliphatic hydroxyl groups excluding tert-OH is 1. The van der Waals surface area contributed by atoms with Crippen LogP contribution in [0.2, 0.25) is 0 Å². The van der Waals surface area contributed by atoms with Crippen LogP contribution in [0.4, 0.5) is 5.13 Å². The molecule has 0 radical (unpaired) electrons. The van der Waals surface area contributed by atoms with Crippen molar-refractivity contribution in [3.63, 3.8) is 0 Å². The van der Waals surface area contributed by atoms with Gasteiger partial charge in [0.15, 0.2) is 5.13 Å². The summed E-state index contributed by atoms with van der Waals surface area (Å²) in [4.78, 5) is 9.93. The maximum absolute atomic E-state index is 9.43. The van der Waals surface area contributed by atoms with Gasteiger partial charge in [-0.3, -0.25) is 4.90 Å². The number of benzene rings is 1. The molecule has 1 N–H and O–H groups in total. The van der Waals surface area contributed by atoms with Gasteiger partial charge in [0.05, 0.1) is 25.5 Å². The van der Waals surface area contributed by atoms with E-state index in [2.05, 4.69) is 28.0 Å². The maximum Gasteiger partial charge on any atom is 0.185 e. The number of fused-ring (bicyclic) bond motifs is 2. The summed E-state index contributed by atoms with van der Waals surface area (Å²) in [6.07, 6.45) is 2.57. The van der Waals surface area contributed by atoms with Crippen molar-refractivity contribution >= 4 is 16.5 Å². The van der Waals surface area contributed by atoms with Gasteiger partial charge in [0.25, 0.3) is 0 Å². The molecule has 26 heavy (non-hydrogen) atoms. The molecule has 4 aliphatic heterocycles. The topological polar surface area (TPSA) is 48.8 Å². The van der Waals surface area contributed by atoms with Crippen LogP contribution >= 0.6 is 11.3 Å². The van der Waals surface area contributed by atoms with Crippen LogP contribution < -0.4 is 9.64 Å². The number of thiazole rings is 1. The highest BCUT2D eigenvalue weighted by atomic mass is 32.1. The lowest BCUT2D eigenvalue weighted by atomic mass is 9.75. The molecular formula is C20H25N3O2S. The van der Waals surface area contributed by atoms with E-state index in [-0.39, 0.29) is 6.61 Å². The van der Waals surface area contributed by atoms with E-state index in [0.29, 0.717) is 18.0 Å². The Morgan fingerprint density at radius 2 is 2.04 bits per heavy atom. The van der Waals surface area contributed by atoms with Gasteiger partial charge < -0.3 is 14.7 Å². The van der Waals surface area contributed by atoms with Crippen LogP contribution in [0.25, 0.3) is 0 Å². The summed E-state index contributed by atoms with van der Waals surface area (Å²) < 4.78 is 5.70. The maximum atomic E-state index is 9.43. The molecule has 2 bridgehead atoms. The second-order valence-corrected chi connectivity index (χ2v) is 8.47. The van der Waals surface area contributed by atoms with Gasteiger partial charge in [-0.2, -0.15) is 0 Å². The molecule has 0 unspecified atom stereocenters. The Kier molecular flexibility index (Phi) is 4.14. The summed E-state index contributed by atoms with van der Waals surface area (Å²) in [6, 6.07) is 9.53. The van der Waals surface area contributed by atoms with E-state index in [9.17, 15) is 5.11 Å². The molecule has 3 atom stereocenters. The van der Waals surface area contributed by atoms with Crippen LogP contribution in [0.1, 0.15) is 30.0 Å². The molecule has 138 valence electrons. The predicted molar refractivity (Wildman–Crippen MR) is 103 cm³/mol. The number of hydrogen-bond acceptors (Lipinski definition) is 6. The lowest BCUT2D eigenvalue weighted by Gasteiger charge is -2.51. The zero-order chi connectivity index (χ0) is 17.7. The number of methoxy groups -OCH3 is 1. The second kappa shape index (κ2) is 6.51. The van der Waals surface area contributed by atoms with E-state index in [1.54, 1.807) is 18.4 Å². The fourth-order valence-corrected chi connectivity index (χ4v) is 6.26. The van der Waals surface area contributed by atoms with Gasteiger partial charge in [0, 0.05) is 29.4 Å². The van der Waals surface area contributed by atoms with Crippen LogP contribution in [0, 0.1) is 5.92 Å². The first-order valence-corrected chi connectivity index (χ1v) is 10.4.